The fourth-order valence-corrected chi connectivity index (χ4v) is 3.63. The van der Waals surface area contributed by atoms with Crippen LogP contribution in [0.15, 0.2) is 42.6 Å². The molecule has 0 radical (unpaired) electrons. The number of pyridine rings is 1. The molecule has 1 fully saturated rings. The predicted molar refractivity (Wildman–Crippen MR) is 122 cm³/mol. The summed E-state index contributed by atoms with van der Waals surface area (Å²) in [6, 6.07) is 10.00. The summed E-state index contributed by atoms with van der Waals surface area (Å²) in [6.45, 7) is 4.78. The van der Waals surface area contributed by atoms with Crippen molar-refractivity contribution in [3.05, 3.63) is 48.2 Å². The van der Waals surface area contributed by atoms with E-state index in [2.05, 4.69) is 34.8 Å². The number of anilines is 2. The van der Waals surface area contributed by atoms with Crippen molar-refractivity contribution < 1.29 is 19.1 Å². The summed E-state index contributed by atoms with van der Waals surface area (Å²) in [5.74, 6) is 0.988. The number of nitrogens with one attached hydrogen (secondary N) is 3. The van der Waals surface area contributed by atoms with E-state index in [1.165, 1.54) is 7.11 Å². The Bertz CT molecular complexity index is 961. The zero-order valence-electron chi connectivity index (χ0n) is 18.6. The molecule has 1 unspecified atom stereocenters. The number of methoxy groups -OCH3 is 1. The van der Waals surface area contributed by atoms with Crippen LogP contribution in [0.2, 0.25) is 0 Å². The van der Waals surface area contributed by atoms with Crippen molar-refractivity contribution >= 4 is 29.4 Å². The van der Waals surface area contributed by atoms with Crippen LogP contribution in [-0.2, 0) is 16.0 Å². The minimum atomic E-state index is -0.457. The molecule has 0 saturated carbocycles. The van der Waals surface area contributed by atoms with Gasteiger partial charge in [-0.15, -0.1) is 0 Å². The molecule has 1 saturated heterocycles. The molecule has 1 aromatic carbocycles. The summed E-state index contributed by atoms with van der Waals surface area (Å²) in [5.41, 5.74) is 1.38. The highest BCUT2D eigenvalue weighted by atomic mass is 16.5. The van der Waals surface area contributed by atoms with Gasteiger partial charge in [0.2, 0.25) is 11.8 Å². The summed E-state index contributed by atoms with van der Waals surface area (Å²) < 4.78 is 5.17. The molecule has 1 aliphatic heterocycles. The molecule has 170 valence electrons. The topological polar surface area (TPSA) is 113 Å². The molecule has 9 nitrogen and oxygen atoms in total. The van der Waals surface area contributed by atoms with Crippen molar-refractivity contribution in [1.29, 1.82) is 0 Å². The molecular weight excluding hydrogens is 410 g/mol. The molecule has 3 N–H and O–H groups in total. The number of urea groups is 1. The summed E-state index contributed by atoms with van der Waals surface area (Å²) in [4.78, 5) is 42.7. The maximum Gasteiger partial charge on any atom is 0.324 e. The second-order valence-corrected chi connectivity index (χ2v) is 8.12. The van der Waals surface area contributed by atoms with Gasteiger partial charge < -0.3 is 20.3 Å². The van der Waals surface area contributed by atoms with E-state index in [9.17, 15) is 14.4 Å². The number of aromatic nitrogens is 1. The largest absolute Gasteiger partial charge is 0.493 e. The van der Waals surface area contributed by atoms with Gasteiger partial charge in [-0.1, -0.05) is 26.0 Å². The molecule has 1 aliphatic rings. The number of rotatable bonds is 7. The van der Waals surface area contributed by atoms with Gasteiger partial charge in [0, 0.05) is 24.5 Å². The standard InChI is InChI=1S/C23H29N5O4/c1-15(2)11-18-13-25-20(29)14-28(18)21(30)12-16-6-8-17(9-7-16)26-23(31)27-22-19(32-3)5-4-10-24-22/h4-10,15,18H,11-14H2,1-3H3,(H,25,29)(H2,24,26,27,31). The van der Waals surface area contributed by atoms with Crippen molar-refractivity contribution in [3.63, 3.8) is 0 Å². The zero-order valence-corrected chi connectivity index (χ0v) is 18.6. The smallest absolute Gasteiger partial charge is 0.324 e. The number of hydrogen-bond acceptors (Lipinski definition) is 5. The van der Waals surface area contributed by atoms with Crippen molar-refractivity contribution in [3.8, 4) is 5.75 Å². The van der Waals surface area contributed by atoms with Gasteiger partial charge in [-0.3, -0.25) is 14.9 Å². The number of ether oxygens (including phenoxy) is 1. The van der Waals surface area contributed by atoms with Crippen LogP contribution < -0.4 is 20.7 Å². The zero-order chi connectivity index (χ0) is 23.1. The lowest BCUT2D eigenvalue weighted by atomic mass is 9.99. The lowest BCUT2D eigenvalue weighted by Gasteiger charge is -2.36. The van der Waals surface area contributed by atoms with Crippen molar-refractivity contribution in [2.45, 2.75) is 32.7 Å². The molecule has 1 atom stereocenters. The first-order valence-corrected chi connectivity index (χ1v) is 10.6. The van der Waals surface area contributed by atoms with E-state index in [1.807, 2.05) is 0 Å². The van der Waals surface area contributed by atoms with Crippen molar-refractivity contribution in [2.75, 3.05) is 30.8 Å². The number of carbonyl (C=O) groups is 3. The second-order valence-electron chi connectivity index (χ2n) is 8.12. The fourth-order valence-electron chi connectivity index (χ4n) is 3.63. The number of benzene rings is 1. The Labute approximate surface area is 187 Å². The molecule has 1 aromatic heterocycles. The van der Waals surface area contributed by atoms with Gasteiger partial charge in [0.05, 0.1) is 20.1 Å². The Balaban J connectivity index is 1.58. The van der Waals surface area contributed by atoms with Gasteiger partial charge in [-0.05, 0) is 42.2 Å². The van der Waals surface area contributed by atoms with Crippen molar-refractivity contribution in [1.82, 2.24) is 15.2 Å². The van der Waals surface area contributed by atoms with Gasteiger partial charge in [-0.2, -0.15) is 0 Å². The lowest BCUT2D eigenvalue weighted by molar-refractivity contribution is -0.141. The molecule has 0 bridgehead atoms. The Hall–Kier alpha value is -3.62. The Morgan fingerprint density at radius 1 is 1.22 bits per heavy atom. The molecule has 9 heteroatoms. The molecule has 0 aliphatic carbocycles. The molecule has 0 spiro atoms. The minimum Gasteiger partial charge on any atom is -0.493 e. The Kier molecular flexibility index (Phi) is 7.64. The van der Waals surface area contributed by atoms with Crippen LogP contribution in [0.3, 0.4) is 0 Å². The average molecular weight is 440 g/mol. The third kappa shape index (κ3) is 6.19. The maximum atomic E-state index is 12.9. The Morgan fingerprint density at radius 2 is 1.97 bits per heavy atom. The molecular formula is C23H29N5O4. The van der Waals surface area contributed by atoms with Gasteiger partial charge in [-0.25, -0.2) is 9.78 Å². The first-order valence-electron chi connectivity index (χ1n) is 10.6. The van der Waals surface area contributed by atoms with E-state index in [0.29, 0.717) is 29.7 Å². The van der Waals surface area contributed by atoms with Gasteiger partial charge >= 0.3 is 6.03 Å². The number of hydrogen-bond donors (Lipinski definition) is 3. The van der Waals surface area contributed by atoms with E-state index >= 15 is 0 Å². The summed E-state index contributed by atoms with van der Waals surface area (Å²) in [5, 5.41) is 8.21. The third-order valence-electron chi connectivity index (χ3n) is 5.14. The highest BCUT2D eigenvalue weighted by Crippen LogP contribution is 2.21. The van der Waals surface area contributed by atoms with Gasteiger partial charge in [0.15, 0.2) is 11.6 Å². The molecule has 4 amide bonds. The van der Waals surface area contributed by atoms with E-state index in [1.54, 1.807) is 47.5 Å². The first kappa shape index (κ1) is 23.1. The van der Waals surface area contributed by atoms with Crippen LogP contribution in [0.5, 0.6) is 5.75 Å². The molecule has 2 aromatic rings. The van der Waals surface area contributed by atoms with Crippen molar-refractivity contribution in [2.24, 2.45) is 5.92 Å². The molecule has 2 heterocycles. The monoisotopic (exact) mass is 439 g/mol. The van der Waals surface area contributed by atoms with E-state index in [0.717, 1.165) is 12.0 Å². The average Bonchev–Trinajstić information content (AvgIpc) is 2.76. The normalized spacial score (nSPS) is 15.8. The lowest BCUT2D eigenvalue weighted by Crippen LogP contribution is -2.57. The van der Waals surface area contributed by atoms with Gasteiger partial charge in [0.1, 0.15) is 0 Å². The summed E-state index contributed by atoms with van der Waals surface area (Å²) in [7, 11) is 1.50. The maximum absolute atomic E-state index is 12.9. The van der Waals surface area contributed by atoms with E-state index < -0.39 is 6.03 Å². The fraction of sp³-hybridized carbons (Fsp3) is 0.391. The van der Waals surface area contributed by atoms with Crippen LogP contribution in [0.4, 0.5) is 16.3 Å². The minimum absolute atomic E-state index is 0.00780. The predicted octanol–water partition coefficient (Wildman–Crippen LogP) is 2.65. The highest BCUT2D eigenvalue weighted by Gasteiger charge is 2.30. The van der Waals surface area contributed by atoms with Crippen LogP contribution in [0.25, 0.3) is 0 Å². The summed E-state index contributed by atoms with van der Waals surface area (Å²) in [6.07, 6.45) is 2.59. The number of nitrogens with zero attached hydrogens (tertiary/aromatic N) is 2. The third-order valence-corrected chi connectivity index (χ3v) is 5.14. The quantitative estimate of drug-likeness (QED) is 0.614. The SMILES string of the molecule is COc1cccnc1NC(=O)Nc1ccc(CC(=O)N2CC(=O)NCC2CC(C)C)cc1. The first-order chi connectivity index (χ1) is 15.4. The Morgan fingerprint density at radius 3 is 2.66 bits per heavy atom. The van der Waals surface area contributed by atoms with E-state index in [-0.39, 0.29) is 30.8 Å². The van der Waals surface area contributed by atoms with E-state index in [4.69, 9.17) is 4.74 Å². The second kappa shape index (κ2) is 10.6. The summed E-state index contributed by atoms with van der Waals surface area (Å²) >= 11 is 0. The highest BCUT2D eigenvalue weighted by molar-refractivity contribution is 6.00. The van der Waals surface area contributed by atoms with Crippen LogP contribution in [0.1, 0.15) is 25.8 Å². The molecule has 3 rings (SSSR count). The molecule has 32 heavy (non-hydrogen) atoms. The number of amides is 4. The number of carbonyl (C=O) groups excluding carboxylic acids is 3. The van der Waals surface area contributed by atoms with Crippen LogP contribution in [0, 0.1) is 5.92 Å². The number of piperazine rings is 1. The van der Waals surface area contributed by atoms with Gasteiger partial charge in [0.25, 0.3) is 0 Å². The van der Waals surface area contributed by atoms with Crippen LogP contribution >= 0.6 is 0 Å². The van der Waals surface area contributed by atoms with Crippen LogP contribution in [-0.4, -0.2) is 54.0 Å².